The van der Waals surface area contributed by atoms with Gasteiger partial charge in [0.15, 0.2) is 0 Å². The van der Waals surface area contributed by atoms with Gasteiger partial charge in [0.25, 0.3) is 5.56 Å². The number of benzene rings is 1. The van der Waals surface area contributed by atoms with Gasteiger partial charge in [0.2, 0.25) is 5.91 Å². The Balaban J connectivity index is 2.01. The van der Waals surface area contributed by atoms with Gasteiger partial charge in [-0.25, -0.2) is 4.98 Å². The van der Waals surface area contributed by atoms with E-state index in [2.05, 4.69) is 24.1 Å². The van der Waals surface area contributed by atoms with Gasteiger partial charge in [0.05, 0.1) is 6.33 Å². The Hall–Kier alpha value is -2.43. The van der Waals surface area contributed by atoms with E-state index in [0.29, 0.717) is 5.92 Å². The standard InChI is InChI=1S/C15H17N3O2/c1-11(2)12-3-5-13(6-4-12)17-14(19)9-18-10-16-8-7-15(18)20/h3-8,10-11H,9H2,1-2H3,(H,17,19). The number of carbonyl (C=O) groups is 1. The smallest absolute Gasteiger partial charge is 0.253 e. The van der Waals surface area contributed by atoms with Crippen LogP contribution in [0.3, 0.4) is 0 Å². The first-order chi connectivity index (χ1) is 9.56. The van der Waals surface area contributed by atoms with Crippen molar-refractivity contribution in [2.24, 2.45) is 0 Å². The zero-order valence-electron chi connectivity index (χ0n) is 11.5. The third-order valence-corrected chi connectivity index (χ3v) is 2.97. The van der Waals surface area contributed by atoms with Crippen LogP contribution >= 0.6 is 0 Å². The normalized spacial score (nSPS) is 10.6. The summed E-state index contributed by atoms with van der Waals surface area (Å²) in [5.41, 5.74) is 1.69. The number of nitrogens with zero attached hydrogens (tertiary/aromatic N) is 2. The summed E-state index contributed by atoms with van der Waals surface area (Å²) in [4.78, 5) is 27.1. The van der Waals surface area contributed by atoms with Crippen LogP contribution in [0.4, 0.5) is 5.69 Å². The van der Waals surface area contributed by atoms with Gasteiger partial charge in [-0.2, -0.15) is 0 Å². The molecule has 0 atom stereocenters. The van der Waals surface area contributed by atoms with Crippen molar-refractivity contribution in [3.8, 4) is 0 Å². The van der Waals surface area contributed by atoms with Crippen molar-refractivity contribution in [3.05, 3.63) is 58.8 Å². The fourth-order valence-electron chi connectivity index (χ4n) is 1.80. The number of carbonyl (C=O) groups excluding carboxylic acids is 1. The van der Waals surface area contributed by atoms with Crippen molar-refractivity contribution in [3.63, 3.8) is 0 Å². The minimum atomic E-state index is -0.252. The lowest BCUT2D eigenvalue weighted by atomic mass is 10.0. The van der Waals surface area contributed by atoms with Gasteiger partial charge in [0.1, 0.15) is 6.54 Å². The highest BCUT2D eigenvalue weighted by Crippen LogP contribution is 2.16. The number of rotatable bonds is 4. The number of aromatic nitrogens is 2. The third-order valence-electron chi connectivity index (χ3n) is 2.97. The van der Waals surface area contributed by atoms with E-state index in [1.807, 2.05) is 24.3 Å². The highest BCUT2D eigenvalue weighted by atomic mass is 16.2. The first-order valence-electron chi connectivity index (χ1n) is 6.46. The predicted molar refractivity (Wildman–Crippen MR) is 77.7 cm³/mol. The average molecular weight is 271 g/mol. The molecule has 0 bridgehead atoms. The van der Waals surface area contributed by atoms with Crippen molar-refractivity contribution < 1.29 is 4.79 Å². The molecule has 1 heterocycles. The molecule has 0 saturated carbocycles. The Morgan fingerprint density at radius 1 is 1.25 bits per heavy atom. The van der Waals surface area contributed by atoms with E-state index in [9.17, 15) is 9.59 Å². The second-order valence-electron chi connectivity index (χ2n) is 4.87. The Kier molecular flexibility index (Phi) is 4.30. The van der Waals surface area contributed by atoms with Crippen LogP contribution in [-0.4, -0.2) is 15.5 Å². The summed E-state index contributed by atoms with van der Waals surface area (Å²) < 4.78 is 1.26. The van der Waals surface area contributed by atoms with Crippen molar-refractivity contribution in [2.45, 2.75) is 26.3 Å². The molecule has 1 amide bonds. The summed E-state index contributed by atoms with van der Waals surface area (Å²) in [5.74, 6) is 0.200. The molecule has 1 aromatic carbocycles. The van der Waals surface area contributed by atoms with Gasteiger partial charge in [-0.3, -0.25) is 14.2 Å². The molecule has 1 aromatic heterocycles. The van der Waals surface area contributed by atoms with Crippen molar-refractivity contribution in [2.75, 3.05) is 5.32 Å². The minimum absolute atomic E-state index is 0.0431. The fourth-order valence-corrected chi connectivity index (χ4v) is 1.80. The maximum absolute atomic E-state index is 11.9. The second-order valence-corrected chi connectivity index (χ2v) is 4.87. The molecular formula is C15H17N3O2. The topological polar surface area (TPSA) is 64.0 Å². The van der Waals surface area contributed by atoms with Crippen LogP contribution in [0, 0.1) is 0 Å². The van der Waals surface area contributed by atoms with Crippen LogP contribution in [-0.2, 0) is 11.3 Å². The molecule has 0 radical (unpaired) electrons. The summed E-state index contributed by atoms with van der Waals surface area (Å²) >= 11 is 0. The molecule has 0 aliphatic rings. The van der Waals surface area contributed by atoms with E-state index in [0.717, 1.165) is 5.69 Å². The Labute approximate surface area is 117 Å². The molecule has 2 aromatic rings. The van der Waals surface area contributed by atoms with E-state index in [1.165, 1.54) is 28.7 Å². The number of hydrogen-bond acceptors (Lipinski definition) is 3. The third kappa shape index (κ3) is 3.54. The van der Waals surface area contributed by atoms with Crippen LogP contribution in [0.5, 0.6) is 0 Å². The largest absolute Gasteiger partial charge is 0.325 e. The summed E-state index contributed by atoms with van der Waals surface area (Å²) in [5, 5.41) is 2.76. The van der Waals surface area contributed by atoms with E-state index in [1.54, 1.807) is 0 Å². The SMILES string of the molecule is CC(C)c1ccc(NC(=O)Cn2cnccc2=O)cc1. The quantitative estimate of drug-likeness (QED) is 0.925. The molecule has 2 rings (SSSR count). The van der Waals surface area contributed by atoms with Gasteiger partial charge in [0, 0.05) is 18.0 Å². The van der Waals surface area contributed by atoms with Gasteiger partial charge in [-0.05, 0) is 23.6 Å². The van der Waals surface area contributed by atoms with Crippen molar-refractivity contribution >= 4 is 11.6 Å². The highest BCUT2D eigenvalue weighted by Gasteiger charge is 2.05. The molecule has 0 aliphatic carbocycles. The number of hydrogen-bond donors (Lipinski definition) is 1. The Morgan fingerprint density at radius 2 is 1.95 bits per heavy atom. The average Bonchev–Trinajstić information content (AvgIpc) is 2.42. The van der Waals surface area contributed by atoms with Crippen LogP contribution in [0.2, 0.25) is 0 Å². The van der Waals surface area contributed by atoms with E-state index in [4.69, 9.17) is 0 Å². The molecule has 5 nitrogen and oxygen atoms in total. The van der Waals surface area contributed by atoms with Crippen LogP contribution in [0.25, 0.3) is 0 Å². The van der Waals surface area contributed by atoms with Crippen molar-refractivity contribution in [1.82, 2.24) is 9.55 Å². The van der Waals surface area contributed by atoms with Gasteiger partial charge in [-0.1, -0.05) is 26.0 Å². The first-order valence-corrected chi connectivity index (χ1v) is 6.46. The summed E-state index contributed by atoms with van der Waals surface area (Å²) in [6, 6.07) is 9.01. The number of nitrogens with one attached hydrogen (secondary N) is 1. The summed E-state index contributed by atoms with van der Waals surface area (Å²) in [6.07, 6.45) is 2.76. The van der Waals surface area contributed by atoms with Crippen LogP contribution in [0.15, 0.2) is 47.7 Å². The van der Waals surface area contributed by atoms with E-state index in [-0.39, 0.29) is 18.0 Å². The molecule has 0 aliphatic heterocycles. The summed E-state index contributed by atoms with van der Waals surface area (Å²) in [6.45, 7) is 4.18. The maximum atomic E-state index is 11.9. The number of amides is 1. The van der Waals surface area contributed by atoms with Gasteiger partial charge >= 0.3 is 0 Å². The highest BCUT2D eigenvalue weighted by molar-refractivity contribution is 5.90. The van der Waals surface area contributed by atoms with Crippen molar-refractivity contribution in [1.29, 1.82) is 0 Å². The fraction of sp³-hybridized carbons (Fsp3) is 0.267. The number of anilines is 1. The second kappa shape index (κ2) is 6.14. The minimum Gasteiger partial charge on any atom is -0.325 e. The van der Waals surface area contributed by atoms with Crippen LogP contribution < -0.4 is 10.9 Å². The molecule has 1 N–H and O–H groups in total. The lowest BCUT2D eigenvalue weighted by Gasteiger charge is -2.09. The predicted octanol–water partition coefficient (Wildman–Crippen LogP) is 2.01. The lowest BCUT2D eigenvalue weighted by Crippen LogP contribution is -2.26. The Bertz CT molecular complexity index is 645. The monoisotopic (exact) mass is 271 g/mol. The molecule has 20 heavy (non-hydrogen) atoms. The van der Waals surface area contributed by atoms with E-state index < -0.39 is 0 Å². The lowest BCUT2D eigenvalue weighted by molar-refractivity contribution is -0.116. The Morgan fingerprint density at radius 3 is 2.55 bits per heavy atom. The molecule has 0 saturated heterocycles. The molecule has 0 spiro atoms. The molecule has 5 heteroatoms. The molecular weight excluding hydrogens is 254 g/mol. The van der Waals surface area contributed by atoms with Gasteiger partial charge in [-0.15, -0.1) is 0 Å². The zero-order chi connectivity index (χ0) is 14.5. The maximum Gasteiger partial charge on any atom is 0.253 e. The van der Waals surface area contributed by atoms with Gasteiger partial charge < -0.3 is 5.32 Å². The summed E-state index contributed by atoms with van der Waals surface area (Å²) in [7, 11) is 0. The first kappa shape index (κ1) is 14.0. The molecule has 0 unspecified atom stereocenters. The molecule has 104 valence electrons. The zero-order valence-corrected chi connectivity index (χ0v) is 11.5. The molecule has 0 fully saturated rings. The van der Waals surface area contributed by atoms with E-state index >= 15 is 0 Å². The van der Waals surface area contributed by atoms with Crippen LogP contribution in [0.1, 0.15) is 25.3 Å².